The summed E-state index contributed by atoms with van der Waals surface area (Å²) in [5, 5.41) is 1.95. The molecule has 0 saturated carbocycles. The highest BCUT2D eigenvalue weighted by Gasteiger charge is 2.00. The van der Waals surface area contributed by atoms with Gasteiger partial charge in [-0.1, -0.05) is 6.07 Å². The Balaban J connectivity index is 1.94. The van der Waals surface area contributed by atoms with E-state index in [0.717, 1.165) is 10.6 Å². The molecular formula is C14H12O3S. The van der Waals surface area contributed by atoms with E-state index in [9.17, 15) is 4.79 Å². The molecule has 0 aliphatic carbocycles. The van der Waals surface area contributed by atoms with E-state index in [1.807, 2.05) is 17.5 Å². The summed E-state index contributed by atoms with van der Waals surface area (Å²) >= 11 is 1.57. The highest BCUT2D eigenvalue weighted by Crippen LogP contribution is 2.17. The summed E-state index contributed by atoms with van der Waals surface area (Å²) in [7, 11) is 1.59. The number of rotatable bonds is 4. The van der Waals surface area contributed by atoms with Crippen LogP contribution in [0.25, 0.3) is 6.08 Å². The smallest absolute Gasteiger partial charge is 0.336 e. The fourth-order valence-corrected chi connectivity index (χ4v) is 1.95. The zero-order chi connectivity index (χ0) is 12.8. The van der Waals surface area contributed by atoms with Crippen LogP contribution in [0, 0.1) is 0 Å². The molecular weight excluding hydrogens is 248 g/mol. The maximum atomic E-state index is 11.5. The average Bonchev–Trinajstić information content (AvgIpc) is 2.90. The van der Waals surface area contributed by atoms with Crippen molar-refractivity contribution in [1.82, 2.24) is 0 Å². The van der Waals surface area contributed by atoms with Crippen molar-refractivity contribution in [3.05, 3.63) is 52.7 Å². The molecule has 1 aromatic carbocycles. The van der Waals surface area contributed by atoms with Gasteiger partial charge in [-0.3, -0.25) is 0 Å². The Labute approximate surface area is 109 Å². The molecule has 0 N–H and O–H groups in total. The fourth-order valence-electron chi connectivity index (χ4n) is 1.33. The third-order valence-corrected chi connectivity index (χ3v) is 3.04. The van der Waals surface area contributed by atoms with Gasteiger partial charge in [-0.25, -0.2) is 4.79 Å². The van der Waals surface area contributed by atoms with Gasteiger partial charge in [0.1, 0.15) is 11.5 Å². The first kappa shape index (κ1) is 12.4. The summed E-state index contributed by atoms with van der Waals surface area (Å²) < 4.78 is 10.2. The van der Waals surface area contributed by atoms with Crippen LogP contribution < -0.4 is 9.47 Å². The summed E-state index contributed by atoms with van der Waals surface area (Å²) in [6.45, 7) is 0. The average molecular weight is 260 g/mol. The molecule has 92 valence electrons. The molecule has 0 unspecified atom stereocenters. The normalized spacial score (nSPS) is 10.5. The minimum atomic E-state index is -0.395. The van der Waals surface area contributed by atoms with Gasteiger partial charge in [0.05, 0.1) is 7.11 Å². The first-order chi connectivity index (χ1) is 8.78. The number of carbonyl (C=O) groups is 1. The van der Waals surface area contributed by atoms with E-state index in [-0.39, 0.29) is 0 Å². The Bertz CT molecular complexity index is 527. The quantitative estimate of drug-likeness (QED) is 0.480. The summed E-state index contributed by atoms with van der Waals surface area (Å²) in [4.78, 5) is 12.5. The Morgan fingerprint density at radius 2 is 1.89 bits per heavy atom. The molecule has 3 nitrogen and oxygen atoms in total. The van der Waals surface area contributed by atoms with Gasteiger partial charge < -0.3 is 9.47 Å². The molecule has 0 amide bonds. The van der Waals surface area contributed by atoms with E-state index in [1.54, 1.807) is 48.8 Å². The van der Waals surface area contributed by atoms with Crippen LogP contribution in [0.15, 0.2) is 47.9 Å². The van der Waals surface area contributed by atoms with Crippen molar-refractivity contribution in [3.8, 4) is 11.5 Å². The van der Waals surface area contributed by atoms with Crippen LogP contribution in [0.1, 0.15) is 4.88 Å². The molecule has 0 fully saturated rings. The first-order valence-electron chi connectivity index (χ1n) is 5.35. The van der Waals surface area contributed by atoms with Crippen molar-refractivity contribution in [3.63, 3.8) is 0 Å². The van der Waals surface area contributed by atoms with Crippen molar-refractivity contribution >= 4 is 23.4 Å². The van der Waals surface area contributed by atoms with E-state index in [1.165, 1.54) is 6.08 Å². The zero-order valence-corrected chi connectivity index (χ0v) is 10.6. The van der Waals surface area contributed by atoms with Gasteiger partial charge >= 0.3 is 5.97 Å². The molecule has 0 aliphatic rings. The number of esters is 1. The number of carbonyl (C=O) groups excluding carboxylic acids is 1. The SMILES string of the molecule is COc1ccc(OC(=O)/C=C/c2cccs2)cc1. The second-order valence-electron chi connectivity index (χ2n) is 3.45. The van der Waals surface area contributed by atoms with Gasteiger partial charge in [0, 0.05) is 11.0 Å². The molecule has 0 aliphatic heterocycles. The van der Waals surface area contributed by atoms with Gasteiger partial charge in [-0.05, 0) is 41.8 Å². The van der Waals surface area contributed by atoms with E-state index in [4.69, 9.17) is 9.47 Å². The lowest BCUT2D eigenvalue weighted by Crippen LogP contribution is -2.03. The number of hydrogen-bond acceptors (Lipinski definition) is 4. The molecule has 0 bridgehead atoms. The Morgan fingerprint density at radius 3 is 2.50 bits per heavy atom. The number of thiophene rings is 1. The monoisotopic (exact) mass is 260 g/mol. The molecule has 1 aromatic heterocycles. The standard InChI is InChI=1S/C14H12O3S/c1-16-11-4-6-12(7-5-11)17-14(15)9-8-13-3-2-10-18-13/h2-10H,1H3/b9-8+. The van der Waals surface area contributed by atoms with Gasteiger partial charge in [-0.2, -0.15) is 0 Å². The van der Waals surface area contributed by atoms with Crippen LogP contribution in [0.5, 0.6) is 11.5 Å². The molecule has 0 atom stereocenters. The highest BCUT2D eigenvalue weighted by molar-refractivity contribution is 7.10. The molecule has 0 saturated heterocycles. The first-order valence-corrected chi connectivity index (χ1v) is 6.23. The van der Waals surface area contributed by atoms with Crippen molar-refractivity contribution in [1.29, 1.82) is 0 Å². The molecule has 18 heavy (non-hydrogen) atoms. The van der Waals surface area contributed by atoms with Gasteiger partial charge in [-0.15, -0.1) is 11.3 Å². The van der Waals surface area contributed by atoms with Crippen LogP contribution >= 0.6 is 11.3 Å². The lowest BCUT2D eigenvalue weighted by atomic mass is 10.3. The topological polar surface area (TPSA) is 35.5 Å². The third kappa shape index (κ3) is 3.46. The maximum absolute atomic E-state index is 11.5. The van der Waals surface area contributed by atoms with Crippen LogP contribution in [0.3, 0.4) is 0 Å². The molecule has 0 radical (unpaired) electrons. The van der Waals surface area contributed by atoms with E-state index in [0.29, 0.717) is 5.75 Å². The van der Waals surface area contributed by atoms with Crippen LogP contribution in [-0.4, -0.2) is 13.1 Å². The second-order valence-corrected chi connectivity index (χ2v) is 4.42. The largest absolute Gasteiger partial charge is 0.497 e. The van der Waals surface area contributed by atoms with Crippen LogP contribution in [0.4, 0.5) is 0 Å². The molecule has 2 aromatic rings. The van der Waals surface area contributed by atoms with Crippen molar-refractivity contribution in [2.24, 2.45) is 0 Å². The van der Waals surface area contributed by atoms with Gasteiger partial charge in [0.2, 0.25) is 0 Å². The van der Waals surface area contributed by atoms with Crippen molar-refractivity contribution in [2.75, 3.05) is 7.11 Å². The Hall–Kier alpha value is -2.07. The Kier molecular flexibility index (Phi) is 4.15. The van der Waals surface area contributed by atoms with Gasteiger partial charge in [0.15, 0.2) is 0 Å². The predicted octanol–water partition coefficient (Wildman–Crippen LogP) is 3.38. The molecule has 4 heteroatoms. The lowest BCUT2D eigenvalue weighted by Gasteiger charge is -2.02. The van der Waals surface area contributed by atoms with Crippen molar-refractivity contribution in [2.45, 2.75) is 0 Å². The summed E-state index contributed by atoms with van der Waals surface area (Å²) in [6.07, 6.45) is 3.15. The van der Waals surface area contributed by atoms with Crippen LogP contribution in [-0.2, 0) is 4.79 Å². The van der Waals surface area contributed by atoms with E-state index in [2.05, 4.69) is 0 Å². The van der Waals surface area contributed by atoms with Crippen molar-refractivity contribution < 1.29 is 14.3 Å². The van der Waals surface area contributed by atoms with Crippen LogP contribution in [0.2, 0.25) is 0 Å². The summed E-state index contributed by atoms with van der Waals surface area (Å²) in [5.74, 6) is 0.828. The summed E-state index contributed by atoms with van der Waals surface area (Å²) in [6, 6.07) is 10.7. The zero-order valence-electron chi connectivity index (χ0n) is 9.83. The third-order valence-electron chi connectivity index (χ3n) is 2.20. The number of hydrogen-bond donors (Lipinski definition) is 0. The van der Waals surface area contributed by atoms with Gasteiger partial charge in [0.25, 0.3) is 0 Å². The molecule has 1 heterocycles. The highest BCUT2D eigenvalue weighted by atomic mass is 32.1. The predicted molar refractivity (Wildman–Crippen MR) is 72.0 cm³/mol. The second kappa shape index (κ2) is 6.02. The summed E-state index contributed by atoms with van der Waals surface area (Å²) in [5.41, 5.74) is 0. The maximum Gasteiger partial charge on any atom is 0.336 e. The van der Waals surface area contributed by atoms with E-state index >= 15 is 0 Å². The molecule has 2 rings (SSSR count). The number of ether oxygens (including phenoxy) is 2. The van der Waals surface area contributed by atoms with E-state index < -0.39 is 5.97 Å². The number of methoxy groups -OCH3 is 1. The number of benzene rings is 1. The fraction of sp³-hybridized carbons (Fsp3) is 0.0714. The minimum absolute atomic E-state index is 0.395. The molecule has 0 spiro atoms. The lowest BCUT2D eigenvalue weighted by molar-refractivity contribution is -0.128. The minimum Gasteiger partial charge on any atom is -0.497 e. The Morgan fingerprint density at radius 1 is 1.17 bits per heavy atom.